The highest BCUT2D eigenvalue weighted by atomic mass is 32.2. The number of H-pyrrole nitrogens is 1. The molecule has 0 saturated heterocycles. The third-order valence-electron chi connectivity index (χ3n) is 5.73. The molecule has 1 atom stereocenters. The second kappa shape index (κ2) is 9.87. The van der Waals surface area contributed by atoms with E-state index in [9.17, 15) is 4.79 Å². The van der Waals surface area contributed by atoms with Gasteiger partial charge in [-0.15, -0.1) is 10.2 Å². The van der Waals surface area contributed by atoms with Crippen molar-refractivity contribution in [2.45, 2.75) is 23.5 Å². The molecule has 2 N–H and O–H groups in total. The standard InChI is InChI=1S/C25H23N5O2S/c31-25(26-18(14-17-8-2-1-3-9-17)16-33-24-27-29-30-28-24)32-15-23-21-12-6-4-10-19(21)20-11-5-7-13-22(20)23/h1-13,18,23H,14-16H2,(H,26,31)(H,27,28,29,30)/t18-/m0/s1. The van der Waals surface area contributed by atoms with Crippen molar-refractivity contribution in [1.82, 2.24) is 25.9 Å². The largest absolute Gasteiger partial charge is 0.449 e. The molecule has 0 radical (unpaired) electrons. The highest BCUT2D eigenvalue weighted by molar-refractivity contribution is 7.99. The first-order valence-electron chi connectivity index (χ1n) is 10.8. The molecule has 0 saturated carbocycles. The van der Waals surface area contributed by atoms with Crippen LogP contribution in [0.5, 0.6) is 0 Å². The average molecular weight is 458 g/mol. The molecule has 1 amide bonds. The molecule has 4 aromatic rings. The molecule has 0 bridgehead atoms. The van der Waals surface area contributed by atoms with Crippen LogP contribution in [0.1, 0.15) is 22.6 Å². The summed E-state index contributed by atoms with van der Waals surface area (Å²) in [6.07, 6.45) is 0.252. The quantitative estimate of drug-likeness (QED) is 0.380. The number of ether oxygens (including phenoxy) is 1. The first-order chi connectivity index (χ1) is 16.3. The van der Waals surface area contributed by atoms with E-state index >= 15 is 0 Å². The maximum Gasteiger partial charge on any atom is 0.407 e. The minimum atomic E-state index is -0.425. The van der Waals surface area contributed by atoms with Gasteiger partial charge in [-0.2, -0.15) is 5.21 Å². The van der Waals surface area contributed by atoms with Gasteiger partial charge < -0.3 is 10.1 Å². The molecule has 0 spiro atoms. The Balaban J connectivity index is 1.25. The molecule has 1 aromatic heterocycles. The minimum Gasteiger partial charge on any atom is -0.449 e. The molecule has 0 aliphatic heterocycles. The summed E-state index contributed by atoms with van der Waals surface area (Å²) in [5.41, 5.74) is 5.94. The lowest BCUT2D eigenvalue weighted by atomic mass is 9.98. The van der Waals surface area contributed by atoms with E-state index < -0.39 is 6.09 Å². The number of tetrazole rings is 1. The van der Waals surface area contributed by atoms with Crippen LogP contribution in [0, 0.1) is 0 Å². The fraction of sp³-hybridized carbons (Fsp3) is 0.200. The number of hydrogen-bond acceptors (Lipinski definition) is 6. The van der Waals surface area contributed by atoms with Crippen LogP contribution >= 0.6 is 11.8 Å². The summed E-state index contributed by atoms with van der Waals surface area (Å²) in [7, 11) is 0. The van der Waals surface area contributed by atoms with Gasteiger partial charge in [-0.25, -0.2) is 4.79 Å². The summed E-state index contributed by atoms with van der Waals surface area (Å²) in [5.74, 6) is 0.628. The maximum absolute atomic E-state index is 12.8. The summed E-state index contributed by atoms with van der Waals surface area (Å²) in [6.45, 7) is 0.288. The Morgan fingerprint density at radius 3 is 2.30 bits per heavy atom. The van der Waals surface area contributed by atoms with Crippen molar-refractivity contribution in [2.24, 2.45) is 0 Å². The number of nitrogens with zero attached hydrogens (tertiary/aromatic N) is 3. The number of amides is 1. The molecule has 3 aromatic carbocycles. The molecule has 7 nitrogen and oxygen atoms in total. The van der Waals surface area contributed by atoms with Gasteiger partial charge in [0.1, 0.15) is 6.61 Å². The number of alkyl carbamates (subject to hydrolysis) is 1. The van der Waals surface area contributed by atoms with Gasteiger partial charge in [-0.1, -0.05) is 90.6 Å². The zero-order valence-electron chi connectivity index (χ0n) is 17.8. The second-order valence-corrected chi connectivity index (χ2v) is 8.85. The van der Waals surface area contributed by atoms with Crippen molar-refractivity contribution >= 4 is 17.9 Å². The normalized spacial score (nSPS) is 13.2. The molecule has 166 valence electrons. The van der Waals surface area contributed by atoms with E-state index in [4.69, 9.17) is 4.74 Å². The molecule has 1 aliphatic carbocycles. The SMILES string of the molecule is O=C(N[C@H](CSc1nn[nH]n1)Cc1ccccc1)OCC1c2ccccc2-c2ccccc21. The Morgan fingerprint density at radius 2 is 1.64 bits per heavy atom. The van der Waals surface area contributed by atoms with Crippen molar-refractivity contribution in [2.75, 3.05) is 12.4 Å². The molecule has 0 fully saturated rings. The first kappa shape index (κ1) is 21.2. The van der Waals surface area contributed by atoms with Crippen LogP contribution in [-0.4, -0.2) is 45.1 Å². The number of thioether (sulfide) groups is 1. The zero-order chi connectivity index (χ0) is 22.5. The van der Waals surface area contributed by atoms with E-state index in [0.29, 0.717) is 17.3 Å². The van der Waals surface area contributed by atoms with E-state index in [2.05, 4.69) is 50.2 Å². The van der Waals surface area contributed by atoms with Crippen molar-refractivity contribution in [1.29, 1.82) is 0 Å². The number of carbonyl (C=O) groups is 1. The Labute approximate surface area is 196 Å². The molecule has 5 rings (SSSR count). The fourth-order valence-corrected chi connectivity index (χ4v) is 5.00. The Kier molecular flexibility index (Phi) is 6.34. The van der Waals surface area contributed by atoms with Gasteiger partial charge in [-0.05, 0) is 39.5 Å². The first-order valence-corrected chi connectivity index (χ1v) is 11.8. The molecule has 8 heteroatoms. The van der Waals surface area contributed by atoms with Gasteiger partial charge in [0.2, 0.25) is 5.16 Å². The van der Waals surface area contributed by atoms with Crippen molar-refractivity contribution in [3.63, 3.8) is 0 Å². The van der Waals surface area contributed by atoms with Crippen LogP contribution in [0.25, 0.3) is 11.1 Å². The number of benzene rings is 3. The van der Waals surface area contributed by atoms with Crippen molar-refractivity contribution in [3.05, 3.63) is 95.6 Å². The van der Waals surface area contributed by atoms with Gasteiger partial charge in [0.05, 0.1) is 0 Å². The Morgan fingerprint density at radius 1 is 0.970 bits per heavy atom. The molecule has 1 heterocycles. The minimum absolute atomic E-state index is 0.0319. The Bertz CT molecular complexity index is 1170. The van der Waals surface area contributed by atoms with Gasteiger partial charge in [0.25, 0.3) is 0 Å². The van der Waals surface area contributed by atoms with Crippen LogP contribution in [0.2, 0.25) is 0 Å². The monoisotopic (exact) mass is 457 g/mol. The third kappa shape index (κ3) is 4.90. The van der Waals surface area contributed by atoms with Gasteiger partial charge >= 0.3 is 6.09 Å². The molecular formula is C25H23N5O2S. The summed E-state index contributed by atoms with van der Waals surface area (Å²) < 4.78 is 5.74. The van der Waals surface area contributed by atoms with Gasteiger partial charge in [0, 0.05) is 17.7 Å². The fourth-order valence-electron chi connectivity index (χ4n) is 4.25. The molecule has 1 aliphatic rings. The predicted octanol–water partition coefficient (Wildman–Crippen LogP) is 4.44. The number of carbonyl (C=O) groups excluding carboxylic acids is 1. The topological polar surface area (TPSA) is 92.8 Å². The van der Waals surface area contributed by atoms with Crippen LogP contribution in [-0.2, 0) is 11.2 Å². The highest BCUT2D eigenvalue weighted by Crippen LogP contribution is 2.44. The molecule has 0 unspecified atom stereocenters. The summed E-state index contributed by atoms with van der Waals surface area (Å²) in [5, 5.41) is 17.6. The van der Waals surface area contributed by atoms with Crippen molar-refractivity contribution < 1.29 is 9.53 Å². The van der Waals surface area contributed by atoms with E-state index in [-0.39, 0.29) is 18.6 Å². The number of aromatic amines is 1. The highest BCUT2D eigenvalue weighted by Gasteiger charge is 2.29. The smallest absolute Gasteiger partial charge is 0.407 e. The van der Waals surface area contributed by atoms with E-state index in [1.165, 1.54) is 34.0 Å². The second-order valence-electron chi connectivity index (χ2n) is 7.86. The molecule has 33 heavy (non-hydrogen) atoms. The lowest BCUT2D eigenvalue weighted by molar-refractivity contribution is 0.140. The number of fused-ring (bicyclic) bond motifs is 3. The molecular weight excluding hydrogens is 434 g/mol. The van der Waals surface area contributed by atoms with Crippen molar-refractivity contribution in [3.8, 4) is 11.1 Å². The number of hydrogen-bond donors (Lipinski definition) is 2. The predicted molar refractivity (Wildman–Crippen MR) is 127 cm³/mol. The zero-order valence-corrected chi connectivity index (χ0v) is 18.7. The Hall–Kier alpha value is -3.65. The van der Waals surface area contributed by atoms with Gasteiger partial charge in [0.15, 0.2) is 0 Å². The van der Waals surface area contributed by atoms with Crippen LogP contribution in [0.4, 0.5) is 4.79 Å². The van der Waals surface area contributed by atoms with Gasteiger partial charge in [-0.3, -0.25) is 0 Å². The third-order valence-corrected chi connectivity index (χ3v) is 6.73. The van der Waals surface area contributed by atoms with Crippen LogP contribution < -0.4 is 5.32 Å². The number of rotatable bonds is 8. The van der Waals surface area contributed by atoms with E-state index in [1.54, 1.807) is 0 Å². The van der Waals surface area contributed by atoms with Crippen LogP contribution in [0.15, 0.2) is 84.0 Å². The summed E-state index contributed by atoms with van der Waals surface area (Å²) in [6, 6.07) is 26.5. The summed E-state index contributed by atoms with van der Waals surface area (Å²) in [4.78, 5) is 12.8. The average Bonchev–Trinajstić information content (AvgIpc) is 3.48. The number of nitrogens with one attached hydrogen (secondary N) is 2. The number of aromatic nitrogens is 4. The maximum atomic E-state index is 12.8. The lowest BCUT2D eigenvalue weighted by Gasteiger charge is -2.19. The van der Waals surface area contributed by atoms with E-state index in [0.717, 1.165) is 5.56 Å². The summed E-state index contributed by atoms with van der Waals surface area (Å²) >= 11 is 1.43. The van der Waals surface area contributed by atoms with E-state index in [1.807, 2.05) is 54.6 Å². The lowest BCUT2D eigenvalue weighted by Crippen LogP contribution is -2.39. The van der Waals surface area contributed by atoms with Crippen LogP contribution in [0.3, 0.4) is 0 Å².